The molecule has 0 saturated heterocycles. The van der Waals surface area contributed by atoms with Gasteiger partial charge >= 0.3 is 6.61 Å². The lowest BCUT2D eigenvalue weighted by atomic mass is 10.2. The molecule has 0 fully saturated rings. The standard InChI is InChI=1S/C14H11BrF3NO/c15-11-7-10(16)5-6-12(11)19-8-9-3-1-2-4-13(9)20-14(17)18/h1-7,14,19H,8H2. The Morgan fingerprint density at radius 2 is 1.90 bits per heavy atom. The molecule has 0 saturated carbocycles. The van der Waals surface area contributed by atoms with Crippen molar-refractivity contribution in [3.63, 3.8) is 0 Å². The van der Waals surface area contributed by atoms with E-state index < -0.39 is 6.61 Å². The van der Waals surface area contributed by atoms with Crippen molar-refractivity contribution in [1.29, 1.82) is 0 Å². The van der Waals surface area contributed by atoms with Crippen LogP contribution < -0.4 is 10.1 Å². The average molecular weight is 346 g/mol. The Balaban J connectivity index is 2.10. The number of benzene rings is 2. The Bertz CT molecular complexity index is 592. The van der Waals surface area contributed by atoms with Crippen LogP contribution in [-0.2, 0) is 6.54 Å². The molecule has 106 valence electrons. The summed E-state index contributed by atoms with van der Waals surface area (Å²) in [6, 6.07) is 10.7. The fourth-order valence-electron chi connectivity index (χ4n) is 1.68. The molecule has 2 aromatic carbocycles. The van der Waals surface area contributed by atoms with Crippen LogP contribution in [0.3, 0.4) is 0 Å². The van der Waals surface area contributed by atoms with Gasteiger partial charge in [-0.15, -0.1) is 0 Å². The fourth-order valence-corrected chi connectivity index (χ4v) is 2.18. The van der Waals surface area contributed by atoms with Crippen LogP contribution in [-0.4, -0.2) is 6.61 Å². The highest BCUT2D eigenvalue weighted by Crippen LogP contribution is 2.26. The topological polar surface area (TPSA) is 21.3 Å². The van der Waals surface area contributed by atoms with E-state index in [0.717, 1.165) is 0 Å². The molecule has 0 aliphatic carbocycles. The van der Waals surface area contributed by atoms with Crippen molar-refractivity contribution in [3.8, 4) is 5.75 Å². The molecule has 1 N–H and O–H groups in total. The summed E-state index contributed by atoms with van der Waals surface area (Å²) < 4.78 is 42.5. The van der Waals surface area contributed by atoms with Crippen molar-refractivity contribution in [3.05, 3.63) is 58.3 Å². The molecule has 0 aliphatic rings. The van der Waals surface area contributed by atoms with Crippen molar-refractivity contribution in [1.82, 2.24) is 0 Å². The molecule has 0 bridgehead atoms. The van der Waals surface area contributed by atoms with Crippen molar-refractivity contribution in [2.75, 3.05) is 5.32 Å². The van der Waals surface area contributed by atoms with Crippen molar-refractivity contribution in [2.45, 2.75) is 13.2 Å². The van der Waals surface area contributed by atoms with Crippen LogP contribution in [0.2, 0.25) is 0 Å². The fraction of sp³-hybridized carbons (Fsp3) is 0.143. The van der Waals surface area contributed by atoms with Crippen LogP contribution in [0.25, 0.3) is 0 Å². The van der Waals surface area contributed by atoms with Crippen LogP contribution in [0.1, 0.15) is 5.56 Å². The quantitative estimate of drug-likeness (QED) is 0.840. The van der Waals surface area contributed by atoms with E-state index in [1.807, 2.05) is 0 Å². The summed E-state index contributed by atoms with van der Waals surface area (Å²) in [6.45, 7) is -2.58. The minimum atomic E-state index is -2.87. The van der Waals surface area contributed by atoms with E-state index in [4.69, 9.17) is 0 Å². The van der Waals surface area contributed by atoms with Crippen molar-refractivity contribution in [2.24, 2.45) is 0 Å². The molecular formula is C14H11BrF3NO. The smallest absolute Gasteiger partial charge is 0.387 e. The number of hydrogen-bond acceptors (Lipinski definition) is 2. The molecule has 0 spiro atoms. The maximum atomic E-state index is 13.0. The largest absolute Gasteiger partial charge is 0.434 e. The van der Waals surface area contributed by atoms with Gasteiger partial charge in [-0.25, -0.2) is 4.39 Å². The molecule has 0 heterocycles. The molecule has 20 heavy (non-hydrogen) atoms. The van der Waals surface area contributed by atoms with E-state index in [-0.39, 0.29) is 18.1 Å². The van der Waals surface area contributed by atoms with Crippen LogP contribution in [0.4, 0.5) is 18.9 Å². The second kappa shape index (κ2) is 6.65. The monoisotopic (exact) mass is 345 g/mol. The number of para-hydroxylation sites is 1. The van der Waals surface area contributed by atoms with Gasteiger partial charge in [0.15, 0.2) is 0 Å². The van der Waals surface area contributed by atoms with Gasteiger partial charge < -0.3 is 10.1 Å². The highest BCUT2D eigenvalue weighted by Gasteiger charge is 2.09. The summed E-state index contributed by atoms with van der Waals surface area (Å²) in [6.07, 6.45) is 0. The Hall–Kier alpha value is -1.69. The number of ether oxygens (including phenoxy) is 1. The van der Waals surface area contributed by atoms with E-state index >= 15 is 0 Å². The first-order valence-corrected chi connectivity index (χ1v) is 6.57. The molecule has 2 rings (SSSR count). The summed E-state index contributed by atoms with van der Waals surface area (Å²) in [5, 5.41) is 3.03. The third-order valence-electron chi connectivity index (χ3n) is 2.59. The summed E-state index contributed by atoms with van der Waals surface area (Å²) in [5.41, 5.74) is 1.25. The molecule has 0 aliphatic heterocycles. The molecule has 0 atom stereocenters. The van der Waals surface area contributed by atoms with Crippen LogP contribution in [0.15, 0.2) is 46.9 Å². The maximum absolute atomic E-state index is 13.0. The number of rotatable bonds is 5. The van der Waals surface area contributed by atoms with Gasteiger partial charge in [0, 0.05) is 22.3 Å². The lowest BCUT2D eigenvalue weighted by Crippen LogP contribution is -2.07. The van der Waals surface area contributed by atoms with Gasteiger partial charge in [-0.05, 0) is 40.2 Å². The highest BCUT2D eigenvalue weighted by atomic mass is 79.9. The van der Waals surface area contributed by atoms with E-state index in [9.17, 15) is 13.2 Å². The molecule has 0 amide bonds. The van der Waals surface area contributed by atoms with E-state index in [2.05, 4.69) is 26.0 Å². The van der Waals surface area contributed by atoms with E-state index in [1.54, 1.807) is 24.3 Å². The zero-order chi connectivity index (χ0) is 14.5. The predicted molar refractivity (Wildman–Crippen MR) is 74.5 cm³/mol. The summed E-state index contributed by atoms with van der Waals surface area (Å²) in [7, 11) is 0. The Morgan fingerprint density at radius 3 is 2.60 bits per heavy atom. The zero-order valence-electron chi connectivity index (χ0n) is 10.2. The lowest BCUT2D eigenvalue weighted by Gasteiger charge is -2.13. The SMILES string of the molecule is Fc1ccc(NCc2ccccc2OC(F)F)c(Br)c1. The van der Waals surface area contributed by atoms with Gasteiger partial charge in [-0.2, -0.15) is 8.78 Å². The maximum Gasteiger partial charge on any atom is 0.387 e. The molecule has 0 unspecified atom stereocenters. The summed E-state index contributed by atoms with van der Waals surface area (Å²) >= 11 is 3.23. The third kappa shape index (κ3) is 3.90. The minimum absolute atomic E-state index is 0.119. The molecule has 2 aromatic rings. The van der Waals surface area contributed by atoms with Crippen LogP contribution in [0, 0.1) is 5.82 Å². The summed E-state index contributed by atoms with van der Waals surface area (Å²) in [4.78, 5) is 0. The second-order valence-corrected chi connectivity index (χ2v) is 4.82. The molecular weight excluding hydrogens is 335 g/mol. The van der Waals surface area contributed by atoms with Gasteiger partial charge in [0.05, 0.1) is 0 Å². The van der Waals surface area contributed by atoms with Gasteiger partial charge in [0.2, 0.25) is 0 Å². The first kappa shape index (κ1) is 14.7. The Kier molecular flexibility index (Phi) is 4.89. The Labute approximate surface area is 122 Å². The van der Waals surface area contributed by atoms with Gasteiger partial charge in [0.1, 0.15) is 11.6 Å². The van der Waals surface area contributed by atoms with Gasteiger partial charge in [-0.1, -0.05) is 18.2 Å². The number of nitrogens with one attached hydrogen (secondary N) is 1. The number of halogens is 4. The molecule has 6 heteroatoms. The van der Waals surface area contributed by atoms with Crippen molar-refractivity contribution >= 4 is 21.6 Å². The number of anilines is 1. The lowest BCUT2D eigenvalue weighted by molar-refractivity contribution is -0.0504. The minimum Gasteiger partial charge on any atom is -0.434 e. The van der Waals surface area contributed by atoms with E-state index in [0.29, 0.717) is 15.7 Å². The average Bonchev–Trinajstić information content (AvgIpc) is 2.39. The van der Waals surface area contributed by atoms with Crippen LogP contribution in [0.5, 0.6) is 5.75 Å². The first-order valence-electron chi connectivity index (χ1n) is 5.78. The molecule has 0 aromatic heterocycles. The summed E-state index contributed by atoms with van der Waals surface area (Å²) in [5.74, 6) is -0.239. The third-order valence-corrected chi connectivity index (χ3v) is 3.25. The number of alkyl halides is 2. The Morgan fingerprint density at radius 1 is 1.15 bits per heavy atom. The highest BCUT2D eigenvalue weighted by molar-refractivity contribution is 9.10. The molecule has 2 nitrogen and oxygen atoms in total. The molecule has 0 radical (unpaired) electrons. The van der Waals surface area contributed by atoms with Crippen molar-refractivity contribution < 1.29 is 17.9 Å². The zero-order valence-corrected chi connectivity index (χ0v) is 11.8. The first-order chi connectivity index (χ1) is 9.56. The van der Waals surface area contributed by atoms with Gasteiger partial charge in [-0.3, -0.25) is 0 Å². The normalized spacial score (nSPS) is 10.7. The number of hydrogen-bond donors (Lipinski definition) is 1. The van der Waals surface area contributed by atoms with Crippen LogP contribution >= 0.6 is 15.9 Å². The van der Waals surface area contributed by atoms with Gasteiger partial charge in [0.25, 0.3) is 0 Å². The predicted octanol–water partition coefficient (Wildman–Crippen LogP) is 4.80. The second-order valence-electron chi connectivity index (χ2n) is 3.96. The van der Waals surface area contributed by atoms with E-state index in [1.165, 1.54) is 18.2 Å².